The smallest absolute Gasteiger partial charge is 0.262 e. The third-order valence-electron chi connectivity index (χ3n) is 3.68. The second-order valence-corrected chi connectivity index (χ2v) is 5.84. The quantitative estimate of drug-likeness (QED) is 0.746. The number of hydrogen-bond donors (Lipinski definition) is 2. The Bertz CT molecular complexity index is 830. The molecule has 0 aliphatic carbocycles. The van der Waals surface area contributed by atoms with Gasteiger partial charge in [-0.1, -0.05) is 19.1 Å². The lowest BCUT2D eigenvalue weighted by Crippen LogP contribution is -2.21. The van der Waals surface area contributed by atoms with Gasteiger partial charge in [0, 0.05) is 18.2 Å². The van der Waals surface area contributed by atoms with Crippen LogP contribution in [-0.4, -0.2) is 24.2 Å². The SMILES string of the molecule is CCc1cccc(NC(=O)COc2cc(C(C)=O)ccc2NC(C)=O)c1. The van der Waals surface area contributed by atoms with Crippen LogP contribution in [0.5, 0.6) is 5.75 Å². The van der Waals surface area contributed by atoms with Crippen LogP contribution in [0.15, 0.2) is 42.5 Å². The van der Waals surface area contributed by atoms with Gasteiger partial charge >= 0.3 is 0 Å². The fraction of sp³-hybridized carbons (Fsp3) is 0.250. The lowest BCUT2D eigenvalue weighted by Gasteiger charge is -2.13. The highest BCUT2D eigenvalue weighted by Crippen LogP contribution is 2.26. The third kappa shape index (κ3) is 5.44. The van der Waals surface area contributed by atoms with Gasteiger partial charge in [0.15, 0.2) is 12.4 Å². The molecule has 0 saturated heterocycles. The molecule has 0 heterocycles. The maximum absolute atomic E-state index is 12.1. The monoisotopic (exact) mass is 354 g/mol. The molecule has 6 nitrogen and oxygen atoms in total. The zero-order chi connectivity index (χ0) is 19.1. The van der Waals surface area contributed by atoms with Gasteiger partial charge < -0.3 is 15.4 Å². The summed E-state index contributed by atoms with van der Waals surface area (Å²) in [7, 11) is 0. The van der Waals surface area contributed by atoms with E-state index in [1.54, 1.807) is 18.2 Å². The molecule has 0 fully saturated rings. The lowest BCUT2D eigenvalue weighted by molar-refractivity contribution is -0.118. The number of hydrogen-bond acceptors (Lipinski definition) is 4. The van der Waals surface area contributed by atoms with Crippen molar-refractivity contribution in [3.63, 3.8) is 0 Å². The predicted octanol–water partition coefficient (Wildman–Crippen LogP) is 3.43. The molecule has 26 heavy (non-hydrogen) atoms. The van der Waals surface area contributed by atoms with Crippen molar-refractivity contribution in [3.05, 3.63) is 53.6 Å². The number of amides is 2. The number of benzene rings is 2. The minimum atomic E-state index is -0.333. The fourth-order valence-electron chi connectivity index (χ4n) is 2.36. The summed E-state index contributed by atoms with van der Waals surface area (Å²) < 4.78 is 5.54. The van der Waals surface area contributed by atoms with E-state index in [1.165, 1.54) is 19.9 Å². The predicted molar refractivity (Wildman–Crippen MR) is 101 cm³/mol. The minimum absolute atomic E-state index is 0.134. The van der Waals surface area contributed by atoms with E-state index in [9.17, 15) is 14.4 Å². The van der Waals surface area contributed by atoms with Gasteiger partial charge in [-0.15, -0.1) is 0 Å². The maximum Gasteiger partial charge on any atom is 0.262 e. The van der Waals surface area contributed by atoms with Crippen LogP contribution in [-0.2, 0) is 16.0 Å². The number of ether oxygens (including phenoxy) is 1. The van der Waals surface area contributed by atoms with E-state index in [2.05, 4.69) is 10.6 Å². The standard InChI is InChI=1S/C20H22N2O4/c1-4-15-6-5-7-17(10-15)22-20(25)12-26-19-11-16(13(2)23)8-9-18(19)21-14(3)24/h5-11H,4,12H2,1-3H3,(H,21,24)(H,22,25). The largest absolute Gasteiger partial charge is 0.482 e. The molecule has 0 spiro atoms. The fourth-order valence-corrected chi connectivity index (χ4v) is 2.36. The van der Waals surface area contributed by atoms with Gasteiger partial charge in [-0.05, 0) is 49.2 Å². The van der Waals surface area contributed by atoms with E-state index in [0.29, 0.717) is 16.9 Å². The number of anilines is 2. The zero-order valence-corrected chi connectivity index (χ0v) is 15.1. The molecule has 0 aromatic heterocycles. The van der Waals surface area contributed by atoms with Crippen molar-refractivity contribution in [1.29, 1.82) is 0 Å². The van der Waals surface area contributed by atoms with Crippen LogP contribution < -0.4 is 15.4 Å². The van der Waals surface area contributed by atoms with Crippen molar-refractivity contribution in [3.8, 4) is 5.75 Å². The summed E-state index contributed by atoms with van der Waals surface area (Å²) in [6.45, 7) is 4.60. The Morgan fingerprint density at radius 1 is 1.00 bits per heavy atom. The number of ketones is 1. The van der Waals surface area contributed by atoms with Crippen LogP contribution in [0.25, 0.3) is 0 Å². The summed E-state index contributed by atoms with van der Waals surface area (Å²) in [5.74, 6) is -0.470. The Balaban J connectivity index is 2.08. The Morgan fingerprint density at radius 3 is 2.42 bits per heavy atom. The molecule has 2 rings (SSSR count). The Hall–Kier alpha value is -3.15. The minimum Gasteiger partial charge on any atom is -0.482 e. The van der Waals surface area contributed by atoms with E-state index >= 15 is 0 Å². The number of carbonyl (C=O) groups excluding carboxylic acids is 3. The summed E-state index contributed by atoms with van der Waals surface area (Å²) in [4.78, 5) is 35.0. The molecule has 0 bridgehead atoms. The third-order valence-corrected chi connectivity index (χ3v) is 3.68. The highest BCUT2D eigenvalue weighted by molar-refractivity contribution is 5.97. The number of rotatable bonds is 7. The topological polar surface area (TPSA) is 84.5 Å². The van der Waals surface area contributed by atoms with E-state index in [1.807, 2.05) is 25.1 Å². The molecule has 0 saturated carbocycles. The van der Waals surface area contributed by atoms with E-state index in [-0.39, 0.29) is 30.0 Å². The molecule has 0 atom stereocenters. The van der Waals surface area contributed by atoms with Crippen LogP contribution in [0.2, 0.25) is 0 Å². The molecule has 136 valence electrons. The number of aryl methyl sites for hydroxylation is 1. The van der Waals surface area contributed by atoms with Gasteiger partial charge in [-0.3, -0.25) is 14.4 Å². The highest BCUT2D eigenvalue weighted by atomic mass is 16.5. The number of carbonyl (C=O) groups is 3. The molecule has 0 aliphatic heterocycles. The average molecular weight is 354 g/mol. The van der Waals surface area contributed by atoms with Crippen LogP contribution in [0.3, 0.4) is 0 Å². The summed E-state index contributed by atoms with van der Waals surface area (Å²) in [5.41, 5.74) is 2.65. The van der Waals surface area contributed by atoms with Gasteiger partial charge in [0.1, 0.15) is 5.75 Å². The van der Waals surface area contributed by atoms with Crippen molar-refractivity contribution >= 4 is 29.0 Å². The maximum atomic E-state index is 12.1. The summed E-state index contributed by atoms with van der Waals surface area (Å²) in [5, 5.41) is 5.39. The van der Waals surface area contributed by atoms with Crippen LogP contribution in [0, 0.1) is 0 Å². The molecule has 0 aliphatic rings. The van der Waals surface area contributed by atoms with Crippen molar-refractivity contribution < 1.29 is 19.1 Å². The summed E-state index contributed by atoms with van der Waals surface area (Å²) >= 11 is 0. The molecular formula is C20H22N2O4. The first-order chi connectivity index (χ1) is 12.4. The van der Waals surface area contributed by atoms with Gasteiger partial charge in [-0.2, -0.15) is 0 Å². The first-order valence-corrected chi connectivity index (χ1v) is 8.33. The second kappa shape index (κ2) is 8.80. The van der Waals surface area contributed by atoms with Crippen molar-refractivity contribution in [2.75, 3.05) is 17.2 Å². The van der Waals surface area contributed by atoms with E-state index < -0.39 is 0 Å². The van der Waals surface area contributed by atoms with Crippen LogP contribution in [0.1, 0.15) is 36.7 Å². The van der Waals surface area contributed by atoms with Crippen molar-refractivity contribution in [2.24, 2.45) is 0 Å². The van der Waals surface area contributed by atoms with E-state index in [4.69, 9.17) is 4.74 Å². The Morgan fingerprint density at radius 2 is 1.77 bits per heavy atom. The number of nitrogens with one attached hydrogen (secondary N) is 2. The molecular weight excluding hydrogens is 332 g/mol. The summed E-state index contributed by atoms with van der Waals surface area (Å²) in [6.07, 6.45) is 0.873. The molecule has 0 unspecified atom stereocenters. The van der Waals surface area contributed by atoms with Crippen molar-refractivity contribution in [1.82, 2.24) is 0 Å². The van der Waals surface area contributed by atoms with Gasteiger partial charge in [-0.25, -0.2) is 0 Å². The zero-order valence-electron chi connectivity index (χ0n) is 15.1. The van der Waals surface area contributed by atoms with Crippen LogP contribution >= 0.6 is 0 Å². The van der Waals surface area contributed by atoms with Crippen molar-refractivity contribution in [2.45, 2.75) is 27.2 Å². The second-order valence-electron chi connectivity index (χ2n) is 5.84. The van der Waals surface area contributed by atoms with Crippen LogP contribution in [0.4, 0.5) is 11.4 Å². The summed E-state index contributed by atoms with van der Waals surface area (Å²) in [6, 6.07) is 12.2. The molecule has 2 aromatic rings. The average Bonchev–Trinajstić information content (AvgIpc) is 2.60. The van der Waals surface area contributed by atoms with Gasteiger partial charge in [0.25, 0.3) is 5.91 Å². The van der Waals surface area contributed by atoms with Gasteiger partial charge in [0.2, 0.25) is 5.91 Å². The Labute approximate surface area is 152 Å². The molecule has 2 aromatic carbocycles. The Kier molecular flexibility index (Phi) is 6.49. The molecule has 6 heteroatoms. The lowest BCUT2D eigenvalue weighted by atomic mass is 10.1. The van der Waals surface area contributed by atoms with E-state index in [0.717, 1.165) is 12.0 Å². The molecule has 0 radical (unpaired) electrons. The first-order valence-electron chi connectivity index (χ1n) is 8.33. The molecule has 2 amide bonds. The van der Waals surface area contributed by atoms with Gasteiger partial charge in [0.05, 0.1) is 5.69 Å². The normalized spacial score (nSPS) is 10.1. The highest BCUT2D eigenvalue weighted by Gasteiger charge is 2.11. The number of Topliss-reactive ketones (excluding diaryl/α,β-unsaturated/α-hetero) is 1. The molecule has 2 N–H and O–H groups in total. The first kappa shape index (κ1) is 19.2.